The molecule has 1 aromatic heterocycles. The first-order valence-electron chi connectivity index (χ1n) is 4.79. The van der Waals surface area contributed by atoms with Gasteiger partial charge in [0.1, 0.15) is 4.60 Å². The molecule has 0 saturated heterocycles. The molecule has 0 spiro atoms. The minimum atomic E-state index is -0.433. The van der Waals surface area contributed by atoms with E-state index in [0.717, 1.165) is 4.60 Å². The monoisotopic (exact) mass is 270 g/mol. The Labute approximate surface area is 96.7 Å². The van der Waals surface area contributed by atoms with Gasteiger partial charge in [-0.25, -0.2) is 4.98 Å². The molecule has 0 aliphatic rings. The number of hydrogen-bond acceptors (Lipinski definition) is 1. The molecule has 1 rings (SSSR count). The summed E-state index contributed by atoms with van der Waals surface area (Å²) in [6.07, 6.45) is 1.97. The van der Waals surface area contributed by atoms with Gasteiger partial charge in [-0.1, -0.05) is 39.9 Å². The molecule has 14 heavy (non-hydrogen) atoms. The molecule has 0 fully saturated rings. The van der Waals surface area contributed by atoms with E-state index in [1.54, 1.807) is 0 Å². The van der Waals surface area contributed by atoms with Crippen molar-refractivity contribution in [1.82, 2.24) is 4.98 Å². The maximum atomic E-state index is 4.41. The quantitative estimate of drug-likeness (QED) is 0.565. The molecule has 1 radical (unpaired) electrons. The average Bonchev–Trinajstić information content (AvgIpc) is 2.02. The van der Waals surface area contributed by atoms with Crippen LogP contribution in [0, 0.1) is 0 Å². The van der Waals surface area contributed by atoms with E-state index in [1.807, 2.05) is 6.20 Å². The molecule has 1 heterocycles. The first kappa shape index (κ1) is 11.9. The van der Waals surface area contributed by atoms with Crippen molar-refractivity contribution in [2.75, 3.05) is 0 Å². The fourth-order valence-electron chi connectivity index (χ4n) is 1.21. The lowest BCUT2D eigenvalue weighted by Gasteiger charge is -2.20. The predicted octanol–water partition coefficient (Wildman–Crippen LogP) is 3.10. The SMILES string of the molecule is C[Si](C)c1cc(C(C)(C)C)cnc1Br. The van der Waals surface area contributed by atoms with Crippen LogP contribution in [0.5, 0.6) is 0 Å². The van der Waals surface area contributed by atoms with Gasteiger partial charge in [-0.15, -0.1) is 0 Å². The van der Waals surface area contributed by atoms with Crippen molar-refractivity contribution in [1.29, 1.82) is 0 Å². The zero-order valence-corrected chi connectivity index (χ0v) is 12.1. The Morgan fingerprint density at radius 2 is 1.86 bits per heavy atom. The highest BCUT2D eigenvalue weighted by Gasteiger charge is 2.17. The Kier molecular flexibility index (Phi) is 3.53. The van der Waals surface area contributed by atoms with Crippen LogP contribution >= 0.6 is 15.9 Å². The molecule has 0 unspecified atom stereocenters. The minimum Gasteiger partial charge on any atom is -0.249 e. The lowest BCUT2D eigenvalue weighted by atomic mass is 9.88. The predicted molar refractivity (Wildman–Crippen MR) is 67.8 cm³/mol. The van der Waals surface area contributed by atoms with Gasteiger partial charge in [-0.05, 0) is 32.1 Å². The van der Waals surface area contributed by atoms with Crippen LogP contribution < -0.4 is 5.19 Å². The third-order valence-electron chi connectivity index (χ3n) is 2.24. The summed E-state index contributed by atoms with van der Waals surface area (Å²) in [5.41, 5.74) is 1.52. The van der Waals surface area contributed by atoms with E-state index in [9.17, 15) is 0 Å². The summed E-state index contributed by atoms with van der Waals surface area (Å²) in [5.74, 6) is 0. The van der Waals surface area contributed by atoms with Gasteiger partial charge in [0, 0.05) is 6.20 Å². The van der Waals surface area contributed by atoms with Crippen LogP contribution in [0.15, 0.2) is 16.9 Å². The van der Waals surface area contributed by atoms with Crippen LogP contribution in [0.3, 0.4) is 0 Å². The molecule has 0 bridgehead atoms. The number of rotatable bonds is 1. The zero-order chi connectivity index (χ0) is 10.9. The normalized spacial score (nSPS) is 12.2. The van der Waals surface area contributed by atoms with Crippen LogP contribution in [0.1, 0.15) is 26.3 Å². The molecule has 3 heteroatoms. The topological polar surface area (TPSA) is 12.9 Å². The first-order valence-corrected chi connectivity index (χ1v) is 8.08. The summed E-state index contributed by atoms with van der Waals surface area (Å²) >= 11 is 3.51. The van der Waals surface area contributed by atoms with E-state index in [4.69, 9.17) is 0 Å². The van der Waals surface area contributed by atoms with Crippen molar-refractivity contribution in [3.05, 3.63) is 22.4 Å². The van der Waals surface area contributed by atoms with E-state index in [1.165, 1.54) is 10.8 Å². The fraction of sp³-hybridized carbons (Fsp3) is 0.545. The number of halogens is 1. The van der Waals surface area contributed by atoms with Gasteiger partial charge in [0.15, 0.2) is 0 Å². The van der Waals surface area contributed by atoms with Crippen LogP contribution in [0.2, 0.25) is 13.1 Å². The van der Waals surface area contributed by atoms with E-state index in [2.05, 4.69) is 60.8 Å². The van der Waals surface area contributed by atoms with Crippen LogP contribution in [-0.2, 0) is 5.41 Å². The number of nitrogens with zero attached hydrogens (tertiary/aromatic N) is 1. The third-order valence-corrected chi connectivity index (χ3v) is 4.70. The summed E-state index contributed by atoms with van der Waals surface area (Å²) in [4.78, 5) is 4.41. The molecule has 0 amide bonds. The number of hydrogen-bond donors (Lipinski definition) is 0. The van der Waals surface area contributed by atoms with E-state index < -0.39 is 8.80 Å². The van der Waals surface area contributed by atoms with Crippen molar-refractivity contribution in [3.63, 3.8) is 0 Å². The lowest BCUT2D eigenvalue weighted by molar-refractivity contribution is 0.588. The maximum Gasteiger partial charge on any atom is 0.105 e. The summed E-state index contributed by atoms with van der Waals surface area (Å²) in [6.45, 7) is 11.2. The Hall–Kier alpha value is -0.153. The second-order valence-corrected chi connectivity index (χ2v) is 8.10. The Morgan fingerprint density at radius 1 is 1.29 bits per heavy atom. The fourth-order valence-corrected chi connectivity index (χ4v) is 3.54. The van der Waals surface area contributed by atoms with Gasteiger partial charge >= 0.3 is 0 Å². The summed E-state index contributed by atoms with van der Waals surface area (Å²) in [7, 11) is -0.433. The molecule has 0 saturated carbocycles. The molecular formula is C11H17BrNSi. The molecule has 0 aromatic carbocycles. The Balaban J connectivity index is 3.20. The zero-order valence-electron chi connectivity index (χ0n) is 9.48. The number of pyridine rings is 1. The van der Waals surface area contributed by atoms with Crippen molar-refractivity contribution < 1.29 is 0 Å². The lowest BCUT2D eigenvalue weighted by Crippen LogP contribution is -2.27. The second kappa shape index (κ2) is 4.15. The highest BCUT2D eigenvalue weighted by Crippen LogP contribution is 2.21. The molecule has 1 nitrogen and oxygen atoms in total. The molecule has 77 valence electrons. The van der Waals surface area contributed by atoms with Crippen LogP contribution in [-0.4, -0.2) is 13.8 Å². The highest BCUT2D eigenvalue weighted by atomic mass is 79.9. The molecule has 0 N–H and O–H groups in total. The van der Waals surface area contributed by atoms with Crippen LogP contribution in [0.25, 0.3) is 0 Å². The highest BCUT2D eigenvalue weighted by molar-refractivity contribution is 9.10. The van der Waals surface area contributed by atoms with Crippen molar-refractivity contribution in [3.8, 4) is 0 Å². The molecule has 0 atom stereocenters. The van der Waals surface area contributed by atoms with Crippen molar-refractivity contribution in [2.45, 2.75) is 39.3 Å². The summed E-state index contributed by atoms with van der Waals surface area (Å²) in [6, 6.07) is 2.30. The minimum absolute atomic E-state index is 0.194. The summed E-state index contributed by atoms with van der Waals surface area (Å²) < 4.78 is 1.02. The van der Waals surface area contributed by atoms with Gasteiger partial charge in [-0.2, -0.15) is 0 Å². The molecule has 1 aromatic rings. The third kappa shape index (κ3) is 2.67. The van der Waals surface area contributed by atoms with E-state index in [-0.39, 0.29) is 5.41 Å². The van der Waals surface area contributed by atoms with Gasteiger partial charge in [0.05, 0.1) is 8.80 Å². The standard InChI is InChI=1S/C11H17BrNSi/c1-11(2,3)8-6-9(14(4)5)10(12)13-7-8/h6-7H,1-5H3. The first-order chi connectivity index (χ1) is 6.32. The second-order valence-electron chi connectivity index (χ2n) is 4.81. The molecular weight excluding hydrogens is 254 g/mol. The Morgan fingerprint density at radius 3 is 2.29 bits per heavy atom. The van der Waals surface area contributed by atoms with Gasteiger partial charge in [0.2, 0.25) is 0 Å². The van der Waals surface area contributed by atoms with Gasteiger partial charge < -0.3 is 0 Å². The smallest absolute Gasteiger partial charge is 0.105 e. The molecule has 0 aliphatic heterocycles. The van der Waals surface area contributed by atoms with E-state index in [0.29, 0.717) is 0 Å². The average molecular weight is 271 g/mol. The largest absolute Gasteiger partial charge is 0.249 e. The molecule has 0 aliphatic carbocycles. The van der Waals surface area contributed by atoms with Gasteiger partial charge in [0.25, 0.3) is 0 Å². The number of aromatic nitrogens is 1. The van der Waals surface area contributed by atoms with Crippen molar-refractivity contribution >= 4 is 29.9 Å². The maximum absolute atomic E-state index is 4.41. The summed E-state index contributed by atoms with van der Waals surface area (Å²) in [5, 5.41) is 1.39. The Bertz CT molecular complexity index is 329. The van der Waals surface area contributed by atoms with E-state index >= 15 is 0 Å². The van der Waals surface area contributed by atoms with Gasteiger partial charge in [-0.3, -0.25) is 0 Å². The van der Waals surface area contributed by atoms with Crippen LogP contribution in [0.4, 0.5) is 0 Å². The van der Waals surface area contributed by atoms with Crippen molar-refractivity contribution in [2.24, 2.45) is 0 Å².